The number of carbonyl (C=O) groups excluding carboxylic acids is 1. The number of aliphatic carboxylic acids is 1. The molecule has 2 aromatic carbocycles. The van der Waals surface area contributed by atoms with Crippen molar-refractivity contribution in [1.29, 1.82) is 0 Å². The molecule has 0 unspecified atom stereocenters. The summed E-state index contributed by atoms with van der Waals surface area (Å²) in [5, 5.41) is 14.6. The molecule has 0 saturated heterocycles. The van der Waals surface area contributed by atoms with Gasteiger partial charge < -0.3 is 15.7 Å². The van der Waals surface area contributed by atoms with Crippen molar-refractivity contribution in [1.82, 2.24) is 5.32 Å². The molecule has 0 heterocycles. The number of amides is 2. The Balaban J connectivity index is 2.00. The fourth-order valence-corrected chi connectivity index (χ4v) is 2.11. The summed E-state index contributed by atoms with van der Waals surface area (Å²) in [5.41, 5.74) is 1.25. The van der Waals surface area contributed by atoms with Crippen LogP contribution in [-0.4, -0.2) is 23.1 Å². The van der Waals surface area contributed by atoms with E-state index in [0.717, 1.165) is 5.56 Å². The van der Waals surface area contributed by atoms with Crippen molar-refractivity contribution in [2.24, 2.45) is 0 Å². The van der Waals surface area contributed by atoms with Crippen LogP contribution in [0.5, 0.6) is 0 Å². The maximum absolute atomic E-state index is 11.9. The Labute approximate surface area is 132 Å². The number of anilines is 1. The molecule has 0 bridgehead atoms. The molecular weight excluding hydrogens is 304 g/mol. The Morgan fingerprint density at radius 2 is 1.68 bits per heavy atom. The Morgan fingerprint density at radius 3 is 2.32 bits per heavy atom. The lowest BCUT2D eigenvalue weighted by atomic mass is 10.1. The van der Waals surface area contributed by atoms with E-state index in [9.17, 15) is 14.7 Å². The van der Waals surface area contributed by atoms with Crippen LogP contribution in [0.3, 0.4) is 0 Å². The normalized spacial score (nSPS) is 11.5. The van der Waals surface area contributed by atoms with Crippen LogP contribution < -0.4 is 10.6 Å². The van der Waals surface area contributed by atoms with E-state index in [4.69, 9.17) is 11.6 Å². The number of carboxylic acid groups (broad SMARTS) is 1. The molecule has 2 amide bonds. The SMILES string of the molecule is O=C(Nc1ccccc1Cl)N[C@@H](Cc1ccccc1)C(=O)O. The predicted octanol–water partition coefficient (Wildman–Crippen LogP) is 3.16. The summed E-state index contributed by atoms with van der Waals surface area (Å²) in [6.07, 6.45) is 0.201. The number of nitrogens with one attached hydrogen (secondary N) is 2. The number of benzene rings is 2. The van der Waals surface area contributed by atoms with Gasteiger partial charge in [0.25, 0.3) is 0 Å². The van der Waals surface area contributed by atoms with Gasteiger partial charge in [-0.15, -0.1) is 0 Å². The first kappa shape index (κ1) is 15.9. The van der Waals surface area contributed by atoms with Crippen molar-refractivity contribution in [2.75, 3.05) is 5.32 Å². The zero-order valence-electron chi connectivity index (χ0n) is 11.6. The lowest BCUT2D eigenvalue weighted by Gasteiger charge is -2.15. The number of hydrogen-bond acceptors (Lipinski definition) is 2. The molecule has 0 aliphatic carbocycles. The van der Waals surface area contributed by atoms with Gasteiger partial charge in [-0.25, -0.2) is 9.59 Å². The molecule has 0 aliphatic rings. The third-order valence-electron chi connectivity index (χ3n) is 3.01. The van der Waals surface area contributed by atoms with E-state index >= 15 is 0 Å². The first-order chi connectivity index (χ1) is 10.6. The summed E-state index contributed by atoms with van der Waals surface area (Å²) < 4.78 is 0. The van der Waals surface area contributed by atoms with Gasteiger partial charge in [0.05, 0.1) is 10.7 Å². The van der Waals surface area contributed by atoms with Crippen LogP contribution in [0.1, 0.15) is 5.56 Å². The largest absolute Gasteiger partial charge is 0.480 e. The monoisotopic (exact) mass is 318 g/mol. The molecule has 0 aliphatic heterocycles. The molecule has 114 valence electrons. The standard InChI is InChI=1S/C16H15ClN2O3/c17-12-8-4-5-9-13(12)18-16(22)19-14(15(20)21)10-11-6-2-1-3-7-11/h1-9,14H,10H2,(H,20,21)(H2,18,19,22)/t14-/m0/s1. The highest BCUT2D eigenvalue weighted by Crippen LogP contribution is 2.20. The minimum Gasteiger partial charge on any atom is -0.480 e. The number of hydrogen-bond donors (Lipinski definition) is 3. The predicted molar refractivity (Wildman–Crippen MR) is 85.2 cm³/mol. The van der Waals surface area contributed by atoms with Crippen LogP contribution in [0.15, 0.2) is 54.6 Å². The lowest BCUT2D eigenvalue weighted by molar-refractivity contribution is -0.139. The molecule has 1 atom stereocenters. The molecule has 2 aromatic rings. The van der Waals surface area contributed by atoms with Gasteiger partial charge in [0.2, 0.25) is 0 Å². The molecule has 5 nitrogen and oxygen atoms in total. The summed E-state index contributed by atoms with van der Waals surface area (Å²) in [7, 11) is 0. The van der Waals surface area contributed by atoms with Gasteiger partial charge >= 0.3 is 12.0 Å². The summed E-state index contributed by atoms with van der Waals surface area (Å²) in [5.74, 6) is -1.10. The third kappa shape index (κ3) is 4.49. The minimum absolute atomic E-state index is 0.201. The van der Waals surface area contributed by atoms with Crippen LogP contribution in [0, 0.1) is 0 Å². The van der Waals surface area contributed by atoms with E-state index in [0.29, 0.717) is 10.7 Å². The topological polar surface area (TPSA) is 78.4 Å². The quantitative estimate of drug-likeness (QED) is 0.792. The van der Waals surface area contributed by atoms with Crippen molar-refractivity contribution in [3.63, 3.8) is 0 Å². The van der Waals surface area contributed by atoms with Gasteiger partial charge in [-0.1, -0.05) is 54.1 Å². The van der Waals surface area contributed by atoms with Gasteiger partial charge in [-0.3, -0.25) is 0 Å². The van der Waals surface area contributed by atoms with Gasteiger partial charge in [0.1, 0.15) is 6.04 Å². The minimum atomic E-state index is -1.10. The molecule has 22 heavy (non-hydrogen) atoms. The molecule has 0 saturated carbocycles. The average molecular weight is 319 g/mol. The number of carboxylic acids is 1. The molecule has 6 heteroatoms. The highest BCUT2D eigenvalue weighted by atomic mass is 35.5. The highest BCUT2D eigenvalue weighted by molar-refractivity contribution is 6.33. The smallest absolute Gasteiger partial charge is 0.326 e. The lowest BCUT2D eigenvalue weighted by Crippen LogP contribution is -2.44. The van der Waals surface area contributed by atoms with Gasteiger partial charge in [0, 0.05) is 6.42 Å². The number of urea groups is 1. The molecule has 2 rings (SSSR count). The number of rotatable bonds is 5. The second kappa shape index (κ2) is 7.47. The van der Waals surface area contributed by atoms with E-state index in [1.165, 1.54) is 0 Å². The van der Waals surface area contributed by atoms with Crippen molar-refractivity contribution < 1.29 is 14.7 Å². The molecule has 0 radical (unpaired) electrons. The van der Waals surface area contributed by atoms with Crippen molar-refractivity contribution in [2.45, 2.75) is 12.5 Å². The Morgan fingerprint density at radius 1 is 1.05 bits per heavy atom. The summed E-state index contributed by atoms with van der Waals surface area (Å²) in [6.45, 7) is 0. The number of halogens is 1. The van der Waals surface area contributed by atoms with E-state index in [2.05, 4.69) is 10.6 Å². The van der Waals surface area contributed by atoms with E-state index in [-0.39, 0.29) is 6.42 Å². The first-order valence-electron chi connectivity index (χ1n) is 6.65. The molecule has 3 N–H and O–H groups in total. The summed E-state index contributed by atoms with van der Waals surface area (Å²) in [6, 6.07) is 14.2. The maximum atomic E-state index is 11.9. The second-order valence-corrected chi connectivity index (χ2v) is 5.07. The third-order valence-corrected chi connectivity index (χ3v) is 3.34. The van der Waals surface area contributed by atoms with Crippen molar-refractivity contribution in [3.8, 4) is 0 Å². The van der Waals surface area contributed by atoms with Gasteiger partial charge in [-0.2, -0.15) is 0 Å². The first-order valence-corrected chi connectivity index (χ1v) is 7.03. The molecule has 0 spiro atoms. The second-order valence-electron chi connectivity index (χ2n) is 4.66. The van der Waals surface area contributed by atoms with Crippen molar-refractivity contribution >= 4 is 29.3 Å². The molecular formula is C16H15ClN2O3. The Hall–Kier alpha value is -2.53. The molecule has 0 aromatic heterocycles. The van der Waals surface area contributed by atoms with Crippen LogP contribution in [0.4, 0.5) is 10.5 Å². The zero-order chi connectivity index (χ0) is 15.9. The van der Waals surface area contributed by atoms with Crippen LogP contribution in [-0.2, 0) is 11.2 Å². The summed E-state index contributed by atoms with van der Waals surface area (Å²) >= 11 is 5.94. The van der Waals surface area contributed by atoms with E-state index < -0.39 is 18.0 Å². The molecule has 0 fully saturated rings. The van der Waals surface area contributed by atoms with Crippen LogP contribution in [0.2, 0.25) is 5.02 Å². The van der Waals surface area contributed by atoms with E-state index in [1.807, 2.05) is 30.3 Å². The van der Waals surface area contributed by atoms with E-state index in [1.54, 1.807) is 24.3 Å². The number of carbonyl (C=O) groups is 2. The Bertz CT molecular complexity index is 661. The zero-order valence-corrected chi connectivity index (χ0v) is 12.4. The van der Waals surface area contributed by atoms with Crippen LogP contribution >= 0.6 is 11.6 Å². The van der Waals surface area contributed by atoms with Crippen LogP contribution in [0.25, 0.3) is 0 Å². The number of para-hydroxylation sites is 1. The Kier molecular flexibility index (Phi) is 5.38. The maximum Gasteiger partial charge on any atom is 0.326 e. The fraction of sp³-hybridized carbons (Fsp3) is 0.125. The summed E-state index contributed by atoms with van der Waals surface area (Å²) in [4.78, 5) is 23.2. The fourth-order valence-electron chi connectivity index (χ4n) is 1.93. The highest BCUT2D eigenvalue weighted by Gasteiger charge is 2.20. The van der Waals surface area contributed by atoms with Gasteiger partial charge in [-0.05, 0) is 17.7 Å². The van der Waals surface area contributed by atoms with Gasteiger partial charge in [0.15, 0.2) is 0 Å². The van der Waals surface area contributed by atoms with Crippen molar-refractivity contribution in [3.05, 3.63) is 65.2 Å². The average Bonchev–Trinajstić information content (AvgIpc) is 2.50.